The Kier molecular flexibility index (Phi) is 6.19. The number of aromatic nitrogens is 2. The van der Waals surface area contributed by atoms with Gasteiger partial charge in [-0.2, -0.15) is 4.98 Å². The number of rotatable bonds is 8. The van der Waals surface area contributed by atoms with Gasteiger partial charge in [-0.1, -0.05) is 44.2 Å². The zero-order chi connectivity index (χ0) is 15.8. The Morgan fingerprint density at radius 3 is 2.27 bits per heavy atom. The number of nitrogens with zero attached hydrogens (tertiary/aromatic N) is 4. The van der Waals surface area contributed by atoms with E-state index in [0.29, 0.717) is 0 Å². The van der Waals surface area contributed by atoms with E-state index in [2.05, 4.69) is 52.9 Å². The normalized spacial score (nSPS) is 10.5. The van der Waals surface area contributed by atoms with Crippen molar-refractivity contribution in [3.05, 3.63) is 48.2 Å². The van der Waals surface area contributed by atoms with Gasteiger partial charge in [-0.05, 0) is 24.5 Å². The highest BCUT2D eigenvalue weighted by atomic mass is 15.3. The molecule has 0 spiro atoms. The maximum absolute atomic E-state index is 4.75. The van der Waals surface area contributed by atoms with Crippen molar-refractivity contribution in [2.45, 2.75) is 33.2 Å². The molecule has 2 rings (SSSR count). The zero-order valence-electron chi connectivity index (χ0n) is 13.9. The molecule has 0 fully saturated rings. The number of anilines is 2. The summed E-state index contributed by atoms with van der Waals surface area (Å²) < 4.78 is 0. The van der Waals surface area contributed by atoms with Gasteiger partial charge in [-0.15, -0.1) is 0 Å². The van der Waals surface area contributed by atoms with Crippen LogP contribution in [0.3, 0.4) is 0 Å². The summed E-state index contributed by atoms with van der Waals surface area (Å²) in [5.41, 5.74) is 1.26. The molecule has 2 aromatic rings. The smallest absolute Gasteiger partial charge is 0.227 e. The first-order valence-electron chi connectivity index (χ1n) is 8.07. The van der Waals surface area contributed by atoms with Crippen LogP contribution < -0.4 is 9.80 Å². The molecule has 0 amide bonds. The molecule has 22 heavy (non-hydrogen) atoms. The first-order valence-corrected chi connectivity index (χ1v) is 8.07. The fourth-order valence-electron chi connectivity index (χ4n) is 2.51. The molecule has 0 aliphatic heterocycles. The van der Waals surface area contributed by atoms with Crippen molar-refractivity contribution in [3.8, 4) is 0 Å². The lowest BCUT2D eigenvalue weighted by Gasteiger charge is -2.24. The summed E-state index contributed by atoms with van der Waals surface area (Å²) >= 11 is 0. The average molecular weight is 298 g/mol. The maximum atomic E-state index is 4.75. The van der Waals surface area contributed by atoms with Crippen LogP contribution in [0, 0.1) is 0 Å². The van der Waals surface area contributed by atoms with Gasteiger partial charge in [0.15, 0.2) is 0 Å². The molecule has 118 valence electrons. The molecule has 0 atom stereocenters. The Morgan fingerprint density at radius 1 is 0.955 bits per heavy atom. The van der Waals surface area contributed by atoms with Crippen molar-refractivity contribution < 1.29 is 0 Å². The van der Waals surface area contributed by atoms with Gasteiger partial charge in [-0.25, -0.2) is 4.98 Å². The van der Waals surface area contributed by atoms with E-state index in [9.17, 15) is 0 Å². The third kappa shape index (κ3) is 4.45. The van der Waals surface area contributed by atoms with E-state index in [0.717, 1.165) is 44.2 Å². The Bertz CT molecular complexity index is 550. The topological polar surface area (TPSA) is 32.3 Å². The summed E-state index contributed by atoms with van der Waals surface area (Å²) in [6.45, 7) is 7.28. The summed E-state index contributed by atoms with van der Waals surface area (Å²) in [4.78, 5) is 13.6. The van der Waals surface area contributed by atoms with Crippen LogP contribution in [-0.2, 0) is 6.54 Å². The molecule has 0 bridgehead atoms. The summed E-state index contributed by atoms with van der Waals surface area (Å²) in [6.07, 6.45) is 4.11. The molecule has 0 aliphatic carbocycles. The SMILES string of the molecule is CCCN(CCC)c1ccnc(N(C)Cc2ccccc2)n1. The largest absolute Gasteiger partial charge is 0.356 e. The summed E-state index contributed by atoms with van der Waals surface area (Å²) in [6, 6.07) is 12.4. The van der Waals surface area contributed by atoms with Gasteiger partial charge in [0.2, 0.25) is 5.95 Å². The lowest BCUT2D eigenvalue weighted by Crippen LogP contribution is -2.27. The van der Waals surface area contributed by atoms with Crippen LogP contribution in [0.2, 0.25) is 0 Å². The Hall–Kier alpha value is -2.10. The lowest BCUT2D eigenvalue weighted by atomic mass is 10.2. The van der Waals surface area contributed by atoms with Gasteiger partial charge in [-0.3, -0.25) is 0 Å². The van der Waals surface area contributed by atoms with Gasteiger partial charge in [0.1, 0.15) is 5.82 Å². The molecular weight excluding hydrogens is 272 g/mol. The molecule has 1 aromatic carbocycles. The average Bonchev–Trinajstić information content (AvgIpc) is 2.56. The summed E-state index contributed by atoms with van der Waals surface area (Å²) in [5.74, 6) is 1.80. The quantitative estimate of drug-likeness (QED) is 0.743. The van der Waals surface area contributed by atoms with E-state index < -0.39 is 0 Å². The molecule has 4 nitrogen and oxygen atoms in total. The van der Waals surface area contributed by atoms with Crippen LogP contribution in [-0.4, -0.2) is 30.1 Å². The molecule has 0 saturated heterocycles. The zero-order valence-corrected chi connectivity index (χ0v) is 13.9. The second-order valence-electron chi connectivity index (χ2n) is 5.54. The van der Waals surface area contributed by atoms with Crippen molar-refractivity contribution in [2.24, 2.45) is 0 Å². The van der Waals surface area contributed by atoms with Gasteiger partial charge in [0, 0.05) is 32.9 Å². The van der Waals surface area contributed by atoms with Crippen LogP contribution in [0.4, 0.5) is 11.8 Å². The van der Waals surface area contributed by atoms with Gasteiger partial charge < -0.3 is 9.80 Å². The Labute approximate surface area is 133 Å². The maximum Gasteiger partial charge on any atom is 0.227 e. The molecule has 0 N–H and O–H groups in total. The third-order valence-electron chi connectivity index (χ3n) is 3.54. The number of benzene rings is 1. The molecule has 1 aromatic heterocycles. The second kappa shape index (κ2) is 8.37. The fraction of sp³-hybridized carbons (Fsp3) is 0.444. The van der Waals surface area contributed by atoms with Crippen molar-refractivity contribution in [1.82, 2.24) is 9.97 Å². The predicted molar refractivity (Wildman–Crippen MR) is 93.4 cm³/mol. The van der Waals surface area contributed by atoms with E-state index in [1.165, 1.54) is 5.56 Å². The van der Waals surface area contributed by atoms with Crippen molar-refractivity contribution >= 4 is 11.8 Å². The minimum Gasteiger partial charge on any atom is -0.356 e. The predicted octanol–water partition coefficient (Wildman–Crippen LogP) is 3.74. The molecular formula is C18H26N4. The molecule has 0 unspecified atom stereocenters. The Balaban J connectivity index is 2.12. The molecule has 0 radical (unpaired) electrons. The first-order chi connectivity index (χ1) is 10.7. The van der Waals surface area contributed by atoms with E-state index in [1.807, 2.05) is 25.4 Å². The fourth-order valence-corrected chi connectivity index (χ4v) is 2.51. The summed E-state index contributed by atoms with van der Waals surface area (Å²) in [5, 5.41) is 0. The van der Waals surface area contributed by atoms with E-state index in [4.69, 9.17) is 4.98 Å². The molecule has 1 heterocycles. The van der Waals surface area contributed by atoms with E-state index in [1.54, 1.807) is 0 Å². The van der Waals surface area contributed by atoms with Crippen molar-refractivity contribution in [1.29, 1.82) is 0 Å². The van der Waals surface area contributed by atoms with Crippen LogP contribution in [0.1, 0.15) is 32.3 Å². The van der Waals surface area contributed by atoms with Gasteiger partial charge >= 0.3 is 0 Å². The second-order valence-corrected chi connectivity index (χ2v) is 5.54. The summed E-state index contributed by atoms with van der Waals surface area (Å²) in [7, 11) is 2.04. The van der Waals surface area contributed by atoms with Crippen molar-refractivity contribution in [3.63, 3.8) is 0 Å². The van der Waals surface area contributed by atoms with Crippen molar-refractivity contribution in [2.75, 3.05) is 29.9 Å². The highest BCUT2D eigenvalue weighted by Crippen LogP contribution is 2.16. The highest BCUT2D eigenvalue weighted by Gasteiger charge is 2.10. The van der Waals surface area contributed by atoms with Crippen LogP contribution in [0.25, 0.3) is 0 Å². The standard InChI is InChI=1S/C18H26N4/c1-4-13-22(14-5-2)17-11-12-19-18(20-17)21(3)15-16-9-7-6-8-10-16/h6-12H,4-5,13-15H2,1-3H3. The minimum atomic E-state index is 0.776. The highest BCUT2D eigenvalue weighted by molar-refractivity contribution is 5.43. The molecule has 0 saturated carbocycles. The third-order valence-corrected chi connectivity index (χ3v) is 3.54. The number of hydrogen-bond donors (Lipinski definition) is 0. The van der Waals surface area contributed by atoms with Gasteiger partial charge in [0.05, 0.1) is 0 Å². The molecule has 0 aliphatic rings. The lowest BCUT2D eigenvalue weighted by molar-refractivity contribution is 0.729. The van der Waals surface area contributed by atoms with E-state index in [-0.39, 0.29) is 0 Å². The first kappa shape index (κ1) is 16.3. The molecule has 4 heteroatoms. The number of hydrogen-bond acceptors (Lipinski definition) is 4. The Morgan fingerprint density at radius 2 is 1.64 bits per heavy atom. The van der Waals surface area contributed by atoms with Crippen LogP contribution >= 0.6 is 0 Å². The van der Waals surface area contributed by atoms with Crippen LogP contribution in [0.5, 0.6) is 0 Å². The van der Waals surface area contributed by atoms with Crippen LogP contribution in [0.15, 0.2) is 42.6 Å². The van der Waals surface area contributed by atoms with Gasteiger partial charge in [0.25, 0.3) is 0 Å². The minimum absolute atomic E-state index is 0.776. The monoisotopic (exact) mass is 298 g/mol. The van der Waals surface area contributed by atoms with E-state index >= 15 is 0 Å².